The molecule has 1 aromatic rings. The van der Waals surface area contributed by atoms with E-state index in [1.807, 2.05) is 4.90 Å². The number of nitro benzene ring substituents is 1. The van der Waals surface area contributed by atoms with Gasteiger partial charge in [0.15, 0.2) is 0 Å². The number of phenols is 1. The lowest BCUT2D eigenvalue weighted by molar-refractivity contribution is -0.384. The fourth-order valence-corrected chi connectivity index (χ4v) is 3.40. The van der Waals surface area contributed by atoms with Crippen LogP contribution in [-0.4, -0.2) is 32.9 Å². The van der Waals surface area contributed by atoms with E-state index < -0.39 is 4.92 Å². The number of rotatable bonds is 2. The smallest absolute Gasteiger partial charge is 0.273 e. The summed E-state index contributed by atoms with van der Waals surface area (Å²) in [6.45, 7) is 4.01. The summed E-state index contributed by atoms with van der Waals surface area (Å²) in [7, 11) is 0. The summed E-state index contributed by atoms with van der Waals surface area (Å²) in [5, 5.41) is 20.6. The zero-order valence-corrected chi connectivity index (χ0v) is 11.5. The minimum absolute atomic E-state index is 0.130. The van der Waals surface area contributed by atoms with Crippen LogP contribution >= 0.6 is 0 Å². The Labute approximate surface area is 121 Å². The quantitative estimate of drug-likeness (QED) is 0.515. The van der Waals surface area contributed by atoms with E-state index in [1.165, 1.54) is 17.7 Å². The van der Waals surface area contributed by atoms with Gasteiger partial charge in [0.2, 0.25) is 0 Å². The number of phenolic OH excluding ortho intramolecular Hbond substituents is 1. The lowest BCUT2D eigenvalue weighted by Gasteiger charge is -2.36. The van der Waals surface area contributed by atoms with Crippen LogP contribution in [0.15, 0.2) is 30.4 Å². The van der Waals surface area contributed by atoms with Gasteiger partial charge in [0.05, 0.1) is 16.6 Å². The van der Waals surface area contributed by atoms with Crippen LogP contribution in [0.25, 0.3) is 0 Å². The number of nitrogens with zero attached hydrogens (tertiary/aromatic N) is 2. The average Bonchev–Trinajstić information content (AvgIpc) is 2.70. The summed E-state index contributed by atoms with van der Waals surface area (Å²) in [5.74, 6) is -0.583. The molecule has 0 radical (unpaired) electrons. The third-order valence-electron chi connectivity index (χ3n) is 4.33. The van der Waals surface area contributed by atoms with Gasteiger partial charge in [-0.2, -0.15) is 0 Å². The predicted octanol–water partition coefficient (Wildman–Crippen LogP) is 2.62. The number of non-ortho nitro benzene ring substituents is 1. The van der Waals surface area contributed by atoms with Crippen LogP contribution in [0, 0.1) is 10.1 Å². The lowest BCUT2D eigenvalue weighted by atomic mass is 9.97. The summed E-state index contributed by atoms with van der Waals surface area (Å²) < 4.78 is 0. The monoisotopic (exact) mass is 288 g/mol. The van der Waals surface area contributed by atoms with Crippen molar-refractivity contribution in [3.05, 3.63) is 46.0 Å². The number of piperidine rings is 1. The van der Waals surface area contributed by atoms with Crippen molar-refractivity contribution >= 4 is 11.6 Å². The van der Waals surface area contributed by atoms with Gasteiger partial charge in [-0.25, -0.2) is 0 Å². The van der Waals surface area contributed by atoms with Gasteiger partial charge >= 0.3 is 0 Å². The molecule has 3 rings (SSSR count). The largest absolute Gasteiger partial charge is 0.507 e. The Bertz CT molecular complexity index is 625. The SMILES string of the molecule is C=C1CC2CCC(C1)N2C(=O)c1ccc([N+](=O)[O-])cc1O. The number of fused-ring (bicyclic) bond motifs is 2. The zero-order valence-electron chi connectivity index (χ0n) is 11.5. The second kappa shape index (κ2) is 4.87. The molecule has 21 heavy (non-hydrogen) atoms. The molecule has 6 heteroatoms. The second-order valence-electron chi connectivity index (χ2n) is 5.71. The molecular formula is C15H16N2O4. The molecule has 0 aliphatic carbocycles. The van der Waals surface area contributed by atoms with E-state index >= 15 is 0 Å². The minimum Gasteiger partial charge on any atom is -0.507 e. The van der Waals surface area contributed by atoms with E-state index in [0.717, 1.165) is 31.7 Å². The first-order chi connectivity index (χ1) is 9.97. The number of hydrogen-bond donors (Lipinski definition) is 1. The minimum atomic E-state index is -0.595. The maximum Gasteiger partial charge on any atom is 0.273 e. The molecule has 2 aliphatic heterocycles. The van der Waals surface area contributed by atoms with Gasteiger partial charge in [0.1, 0.15) is 5.75 Å². The van der Waals surface area contributed by atoms with E-state index in [2.05, 4.69) is 6.58 Å². The van der Waals surface area contributed by atoms with Crippen molar-refractivity contribution in [2.45, 2.75) is 37.8 Å². The molecule has 2 saturated heterocycles. The molecule has 0 saturated carbocycles. The standard InChI is InChI=1S/C15H16N2O4/c1-9-6-10-2-3-11(7-9)16(10)15(19)13-5-4-12(17(20)21)8-14(13)18/h4-5,8,10-11,18H,1-3,6-7H2. The van der Waals surface area contributed by atoms with Crippen LogP contribution in [0.3, 0.4) is 0 Å². The molecule has 2 bridgehead atoms. The molecule has 2 fully saturated rings. The molecule has 1 aromatic carbocycles. The molecule has 0 spiro atoms. The maximum atomic E-state index is 12.6. The van der Waals surface area contributed by atoms with Crippen LogP contribution in [0.4, 0.5) is 5.69 Å². The van der Waals surface area contributed by atoms with Crippen molar-refractivity contribution in [1.29, 1.82) is 0 Å². The molecule has 1 N–H and O–H groups in total. The van der Waals surface area contributed by atoms with Gasteiger partial charge in [-0.05, 0) is 31.7 Å². The summed E-state index contributed by atoms with van der Waals surface area (Å²) in [5.41, 5.74) is 1.07. The molecule has 2 aliphatic rings. The van der Waals surface area contributed by atoms with Crippen LogP contribution < -0.4 is 0 Å². The summed E-state index contributed by atoms with van der Waals surface area (Å²) in [4.78, 5) is 24.5. The highest BCUT2D eigenvalue weighted by Gasteiger charge is 2.41. The summed E-state index contributed by atoms with van der Waals surface area (Å²) in [6.07, 6.45) is 3.50. The average molecular weight is 288 g/mol. The molecule has 2 atom stereocenters. The van der Waals surface area contributed by atoms with Crippen molar-refractivity contribution in [2.24, 2.45) is 0 Å². The van der Waals surface area contributed by atoms with Gasteiger partial charge in [-0.3, -0.25) is 14.9 Å². The fraction of sp³-hybridized carbons (Fsp3) is 0.400. The van der Waals surface area contributed by atoms with Crippen molar-refractivity contribution in [1.82, 2.24) is 4.90 Å². The number of carbonyl (C=O) groups is 1. The maximum absolute atomic E-state index is 12.6. The highest BCUT2D eigenvalue weighted by molar-refractivity contribution is 5.97. The number of hydrogen-bond acceptors (Lipinski definition) is 4. The van der Waals surface area contributed by atoms with E-state index in [1.54, 1.807) is 0 Å². The Morgan fingerprint density at radius 1 is 1.33 bits per heavy atom. The number of carbonyl (C=O) groups excluding carboxylic acids is 1. The Kier molecular flexibility index (Phi) is 3.16. The van der Waals surface area contributed by atoms with E-state index in [4.69, 9.17) is 0 Å². The fourth-order valence-electron chi connectivity index (χ4n) is 3.40. The predicted molar refractivity (Wildman–Crippen MR) is 76.1 cm³/mol. The van der Waals surface area contributed by atoms with Crippen molar-refractivity contribution in [3.8, 4) is 5.75 Å². The second-order valence-corrected chi connectivity index (χ2v) is 5.71. The first-order valence-electron chi connectivity index (χ1n) is 6.94. The molecule has 1 amide bonds. The topological polar surface area (TPSA) is 83.7 Å². The van der Waals surface area contributed by atoms with Crippen LogP contribution in [0.2, 0.25) is 0 Å². The van der Waals surface area contributed by atoms with E-state index in [-0.39, 0.29) is 35.0 Å². The lowest BCUT2D eigenvalue weighted by Crippen LogP contribution is -2.44. The van der Waals surface area contributed by atoms with E-state index in [9.17, 15) is 20.0 Å². The number of aromatic hydroxyl groups is 1. The highest BCUT2D eigenvalue weighted by atomic mass is 16.6. The molecule has 2 heterocycles. The molecule has 0 aromatic heterocycles. The Balaban J connectivity index is 1.89. The Morgan fingerprint density at radius 2 is 1.95 bits per heavy atom. The van der Waals surface area contributed by atoms with Gasteiger partial charge in [-0.1, -0.05) is 12.2 Å². The van der Waals surface area contributed by atoms with Crippen LogP contribution in [0.5, 0.6) is 5.75 Å². The van der Waals surface area contributed by atoms with Gasteiger partial charge in [-0.15, -0.1) is 0 Å². The third-order valence-corrected chi connectivity index (χ3v) is 4.33. The van der Waals surface area contributed by atoms with Gasteiger partial charge in [0, 0.05) is 18.2 Å². The van der Waals surface area contributed by atoms with Crippen molar-refractivity contribution in [3.63, 3.8) is 0 Å². The van der Waals surface area contributed by atoms with Crippen molar-refractivity contribution < 1.29 is 14.8 Å². The van der Waals surface area contributed by atoms with Crippen LogP contribution in [-0.2, 0) is 0 Å². The van der Waals surface area contributed by atoms with Gasteiger partial charge in [0.25, 0.3) is 11.6 Å². The Morgan fingerprint density at radius 3 is 2.48 bits per heavy atom. The number of amides is 1. The molecule has 110 valence electrons. The van der Waals surface area contributed by atoms with Crippen molar-refractivity contribution in [2.75, 3.05) is 0 Å². The summed E-state index contributed by atoms with van der Waals surface area (Å²) in [6, 6.07) is 3.88. The summed E-state index contributed by atoms with van der Waals surface area (Å²) >= 11 is 0. The highest BCUT2D eigenvalue weighted by Crippen LogP contribution is 2.39. The third kappa shape index (κ3) is 2.26. The Hall–Kier alpha value is -2.37. The number of benzene rings is 1. The number of nitro groups is 1. The molecule has 6 nitrogen and oxygen atoms in total. The van der Waals surface area contributed by atoms with Gasteiger partial charge < -0.3 is 10.0 Å². The normalized spacial score (nSPS) is 24.2. The van der Waals surface area contributed by atoms with Crippen LogP contribution in [0.1, 0.15) is 36.0 Å². The zero-order chi connectivity index (χ0) is 15.1. The molecular weight excluding hydrogens is 272 g/mol. The molecule has 2 unspecified atom stereocenters. The van der Waals surface area contributed by atoms with E-state index in [0.29, 0.717) is 0 Å². The first-order valence-corrected chi connectivity index (χ1v) is 6.94. The first kappa shape index (κ1) is 13.6.